The molecule has 0 aliphatic carbocycles. The van der Waals surface area contributed by atoms with Crippen molar-refractivity contribution in [2.75, 3.05) is 16.8 Å². The van der Waals surface area contributed by atoms with Crippen LogP contribution in [0.2, 0.25) is 0 Å². The van der Waals surface area contributed by atoms with Crippen LogP contribution in [0.25, 0.3) is 0 Å². The van der Waals surface area contributed by atoms with Crippen molar-refractivity contribution in [2.45, 2.75) is 12.5 Å². The van der Waals surface area contributed by atoms with E-state index >= 15 is 0 Å². The van der Waals surface area contributed by atoms with Gasteiger partial charge in [0.2, 0.25) is 0 Å². The third-order valence-corrected chi connectivity index (χ3v) is 5.19. The first-order valence-corrected chi connectivity index (χ1v) is 8.62. The van der Waals surface area contributed by atoms with Crippen LogP contribution < -0.4 is 10.6 Å². The van der Waals surface area contributed by atoms with Crippen molar-refractivity contribution in [3.63, 3.8) is 0 Å². The molecular weight excluding hydrogens is 348 g/mol. The molecule has 0 aromatic heterocycles. The molecule has 0 radical (unpaired) electrons. The number of sulfone groups is 1. The fourth-order valence-corrected chi connectivity index (χ4v) is 4.09. The van der Waals surface area contributed by atoms with E-state index in [-0.39, 0.29) is 28.3 Å². The highest BCUT2D eigenvalue weighted by Crippen LogP contribution is 2.28. The van der Waals surface area contributed by atoms with E-state index in [4.69, 9.17) is 12.2 Å². The van der Waals surface area contributed by atoms with Gasteiger partial charge in [-0.1, -0.05) is 0 Å². The number of hydrogen-bond donors (Lipinski definition) is 2. The van der Waals surface area contributed by atoms with E-state index in [0.29, 0.717) is 6.42 Å². The molecule has 1 fully saturated rings. The third kappa shape index (κ3) is 4.32. The van der Waals surface area contributed by atoms with Crippen molar-refractivity contribution in [1.82, 2.24) is 5.32 Å². The van der Waals surface area contributed by atoms with Gasteiger partial charge in [-0.15, -0.1) is 0 Å². The number of thiocarbonyl (C=S) groups is 1. The lowest BCUT2D eigenvalue weighted by Gasteiger charge is -2.14. The maximum absolute atomic E-state index is 11.4. The van der Waals surface area contributed by atoms with E-state index < -0.39 is 31.1 Å². The molecule has 0 saturated carbocycles. The predicted octanol–water partition coefficient (Wildman–Crippen LogP) is 0.976. The van der Waals surface area contributed by atoms with E-state index in [1.807, 2.05) is 0 Å². The zero-order valence-corrected chi connectivity index (χ0v) is 13.2. The van der Waals surface area contributed by atoms with Gasteiger partial charge in [-0.3, -0.25) is 20.2 Å². The minimum atomic E-state index is -3.08. The maximum atomic E-state index is 11.4. The topological polar surface area (TPSA) is 144 Å². The summed E-state index contributed by atoms with van der Waals surface area (Å²) in [7, 11) is -3.08. The summed E-state index contributed by atoms with van der Waals surface area (Å²) in [5.74, 6) is 0.00212. The number of nitro benzene ring substituents is 2. The number of hydrogen-bond acceptors (Lipinski definition) is 7. The van der Waals surface area contributed by atoms with Gasteiger partial charge in [-0.25, -0.2) is 8.42 Å². The number of anilines is 1. The molecule has 1 aromatic rings. The second kappa shape index (κ2) is 6.42. The smallest absolute Gasteiger partial charge is 0.299 e. The number of nitrogens with zero attached hydrogens (tertiary/aromatic N) is 2. The molecule has 23 heavy (non-hydrogen) atoms. The molecule has 1 saturated heterocycles. The Labute approximate surface area is 136 Å². The molecular formula is C11H12N4O6S2. The zero-order valence-electron chi connectivity index (χ0n) is 11.6. The van der Waals surface area contributed by atoms with Crippen LogP contribution in [-0.4, -0.2) is 40.9 Å². The molecule has 1 atom stereocenters. The van der Waals surface area contributed by atoms with Crippen molar-refractivity contribution in [3.8, 4) is 0 Å². The lowest BCUT2D eigenvalue weighted by Crippen LogP contribution is -2.38. The number of nitro groups is 2. The van der Waals surface area contributed by atoms with Gasteiger partial charge in [0.25, 0.3) is 11.4 Å². The Morgan fingerprint density at radius 1 is 1.26 bits per heavy atom. The molecule has 1 heterocycles. The summed E-state index contributed by atoms with van der Waals surface area (Å²) in [4.78, 5) is 20.2. The standard InChI is InChI=1S/C11H12N4O6S2/c16-14(17)8-1-2-9(10(5-8)15(18)19)13-11(22)12-7-3-4-23(20,21)6-7/h1-2,5,7H,3-4,6H2,(H2,12,13,22). The first kappa shape index (κ1) is 17.0. The van der Waals surface area contributed by atoms with E-state index in [9.17, 15) is 28.6 Å². The lowest BCUT2D eigenvalue weighted by atomic mass is 10.2. The highest BCUT2D eigenvalue weighted by molar-refractivity contribution is 7.91. The number of rotatable bonds is 4. The molecule has 1 aliphatic rings. The Balaban J connectivity index is 2.11. The number of non-ortho nitro benzene ring substituents is 1. The van der Waals surface area contributed by atoms with Crippen LogP contribution in [0.5, 0.6) is 0 Å². The first-order chi connectivity index (χ1) is 10.7. The third-order valence-electron chi connectivity index (χ3n) is 3.20. The van der Waals surface area contributed by atoms with E-state index in [1.54, 1.807) is 0 Å². The van der Waals surface area contributed by atoms with Crippen molar-refractivity contribution in [1.29, 1.82) is 0 Å². The predicted molar refractivity (Wildman–Crippen MR) is 86.2 cm³/mol. The summed E-state index contributed by atoms with van der Waals surface area (Å²) in [6.45, 7) is 0. The Bertz CT molecular complexity index is 779. The summed E-state index contributed by atoms with van der Waals surface area (Å²) >= 11 is 5.00. The largest absolute Gasteiger partial charge is 0.359 e. The van der Waals surface area contributed by atoms with Crippen molar-refractivity contribution in [2.24, 2.45) is 0 Å². The molecule has 2 rings (SSSR count). The monoisotopic (exact) mass is 360 g/mol. The van der Waals surface area contributed by atoms with Gasteiger partial charge in [0.05, 0.1) is 27.4 Å². The van der Waals surface area contributed by atoms with Crippen LogP contribution >= 0.6 is 12.2 Å². The Morgan fingerprint density at radius 2 is 1.96 bits per heavy atom. The number of benzene rings is 1. The van der Waals surface area contributed by atoms with Crippen molar-refractivity contribution >= 4 is 44.2 Å². The molecule has 10 nitrogen and oxygen atoms in total. The molecule has 1 aliphatic heterocycles. The summed E-state index contributed by atoms with van der Waals surface area (Å²) in [6, 6.07) is 2.75. The van der Waals surface area contributed by atoms with E-state index in [1.165, 1.54) is 6.07 Å². The molecule has 1 aromatic carbocycles. The average molecular weight is 360 g/mol. The molecule has 0 spiro atoms. The van der Waals surface area contributed by atoms with Crippen molar-refractivity contribution < 1.29 is 18.3 Å². The molecule has 2 N–H and O–H groups in total. The summed E-state index contributed by atoms with van der Waals surface area (Å²) in [6.07, 6.45) is 0.395. The average Bonchev–Trinajstić information content (AvgIpc) is 2.77. The minimum Gasteiger partial charge on any atom is -0.359 e. The van der Waals surface area contributed by atoms with Crippen LogP contribution in [0.15, 0.2) is 18.2 Å². The number of nitrogens with one attached hydrogen (secondary N) is 2. The van der Waals surface area contributed by atoms with E-state index in [0.717, 1.165) is 12.1 Å². The Kier molecular flexibility index (Phi) is 4.75. The lowest BCUT2D eigenvalue weighted by molar-refractivity contribution is -0.393. The van der Waals surface area contributed by atoms with Gasteiger partial charge >= 0.3 is 0 Å². The van der Waals surface area contributed by atoms with Gasteiger partial charge in [0.15, 0.2) is 14.9 Å². The maximum Gasteiger partial charge on any atom is 0.299 e. The highest BCUT2D eigenvalue weighted by atomic mass is 32.2. The normalized spacial score (nSPS) is 19.0. The second-order valence-electron chi connectivity index (χ2n) is 4.91. The highest BCUT2D eigenvalue weighted by Gasteiger charge is 2.28. The SMILES string of the molecule is O=[N+]([O-])c1ccc(NC(=S)NC2CCS(=O)(=O)C2)c([N+](=O)[O-])c1. The zero-order chi connectivity index (χ0) is 17.2. The Hall–Kier alpha value is -2.34. The van der Waals surface area contributed by atoms with Crippen LogP contribution in [0.1, 0.15) is 6.42 Å². The van der Waals surface area contributed by atoms with Gasteiger partial charge in [0.1, 0.15) is 5.69 Å². The van der Waals surface area contributed by atoms with Crippen molar-refractivity contribution in [3.05, 3.63) is 38.4 Å². The Morgan fingerprint density at radius 3 is 2.48 bits per heavy atom. The van der Waals surface area contributed by atoms with Gasteiger partial charge in [-0.05, 0) is 24.7 Å². The summed E-state index contributed by atoms with van der Waals surface area (Å²) < 4.78 is 22.7. The molecule has 1 unspecified atom stereocenters. The second-order valence-corrected chi connectivity index (χ2v) is 7.55. The molecule has 0 amide bonds. The first-order valence-electron chi connectivity index (χ1n) is 6.39. The van der Waals surface area contributed by atoms with Gasteiger partial charge in [-0.2, -0.15) is 0 Å². The van der Waals surface area contributed by atoms with Gasteiger partial charge in [0, 0.05) is 12.1 Å². The van der Waals surface area contributed by atoms with Gasteiger partial charge < -0.3 is 10.6 Å². The van der Waals surface area contributed by atoms with Crippen LogP contribution in [0.4, 0.5) is 17.1 Å². The minimum absolute atomic E-state index is 0.0149. The van der Waals surface area contributed by atoms with Crippen LogP contribution in [0, 0.1) is 20.2 Å². The van der Waals surface area contributed by atoms with Crippen LogP contribution in [-0.2, 0) is 9.84 Å². The fraction of sp³-hybridized carbons (Fsp3) is 0.364. The molecule has 12 heteroatoms. The van der Waals surface area contributed by atoms with Crippen LogP contribution in [0.3, 0.4) is 0 Å². The van der Waals surface area contributed by atoms with E-state index in [2.05, 4.69) is 10.6 Å². The summed E-state index contributed by atoms with van der Waals surface area (Å²) in [5, 5.41) is 27.0. The molecule has 0 bridgehead atoms. The molecule has 124 valence electrons. The quantitative estimate of drug-likeness (QED) is 0.456. The summed E-state index contributed by atoms with van der Waals surface area (Å²) in [5.41, 5.74) is -0.927. The fourth-order valence-electron chi connectivity index (χ4n) is 2.14.